The molecule has 3 aliphatic rings. The summed E-state index contributed by atoms with van der Waals surface area (Å²) in [5.41, 5.74) is 5.66. The van der Waals surface area contributed by atoms with Crippen molar-refractivity contribution in [3.8, 4) is 5.75 Å². The molecular formula is C23H23Cl2FN2O4. The second-order valence-corrected chi connectivity index (χ2v) is 9.44. The van der Waals surface area contributed by atoms with Crippen LogP contribution in [0, 0.1) is 11.2 Å². The lowest BCUT2D eigenvalue weighted by atomic mass is 9.37. The van der Waals surface area contributed by atoms with Crippen molar-refractivity contribution in [3.63, 3.8) is 0 Å². The molecule has 0 heterocycles. The molecule has 9 heteroatoms. The minimum absolute atomic E-state index is 0.0803. The van der Waals surface area contributed by atoms with Gasteiger partial charge in [0.15, 0.2) is 6.10 Å². The van der Waals surface area contributed by atoms with Crippen molar-refractivity contribution in [3.05, 3.63) is 63.9 Å². The zero-order valence-electron chi connectivity index (χ0n) is 17.2. The van der Waals surface area contributed by atoms with Gasteiger partial charge in [-0.2, -0.15) is 0 Å². The summed E-state index contributed by atoms with van der Waals surface area (Å²) in [7, 11) is 0. The smallest absolute Gasteiger partial charge is 0.259 e. The summed E-state index contributed by atoms with van der Waals surface area (Å²) < 4.78 is 24.5. The second kappa shape index (κ2) is 8.89. The molecule has 2 aromatic rings. The number of hydrogen-bond donors (Lipinski definition) is 2. The lowest BCUT2D eigenvalue weighted by Crippen LogP contribution is -2.79. The summed E-state index contributed by atoms with van der Waals surface area (Å²) >= 11 is 11.9. The highest BCUT2D eigenvalue weighted by molar-refractivity contribution is 6.42. The van der Waals surface area contributed by atoms with Gasteiger partial charge in [0.2, 0.25) is 5.91 Å². The topological polar surface area (TPSA) is 90.7 Å². The highest BCUT2D eigenvalue weighted by Crippen LogP contribution is 2.69. The predicted molar refractivity (Wildman–Crippen MR) is 118 cm³/mol. The third-order valence-corrected chi connectivity index (χ3v) is 6.83. The lowest BCUT2D eigenvalue weighted by Gasteiger charge is -2.71. The van der Waals surface area contributed by atoms with Crippen LogP contribution in [0.15, 0.2) is 42.5 Å². The van der Waals surface area contributed by atoms with Gasteiger partial charge in [-0.25, -0.2) is 4.39 Å². The van der Waals surface area contributed by atoms with E-state index in [-0.39, 0.29) is 23.9 Å². The molecule has 1 atom stereocenters. The van der Waals surface area contributed by atoms with E-state index in [1.54, 1.807) is 24.3 Å². The molecule has 2 aromatic carbocycles. The van der Waals surface area contributed by atoms with Gasteiger partial charge in [-0.1, -0.05) is 35.3 Å². The van der Waals surface area contributed by atoms with Crippen molar-refractivity contribution in [1.82, 2.24) is 5.32 Å². The number of hydrogen-bond acceptors (Lipinski definition) is 4. The Kier molecular flexibility index (Phi) is 6.34. The number of benzene rings is 2. The molecule has 0 saturated heterocycles. The quantitative estimate of drug-likeness (QED) is 0.507. The molecule has 0 radical (unpaired) electrons. The fourth-order valence-corrected chi connectivity index (χ4v) is 5.12. The standard InChI is InChI=1S/C23H23Cl2FN2O4/c24-17-5-4-16(9-18(17)25)32-20(21(27)30)22-11-23(12-22,13-22)28-19(29)10-31-7-6-14-2-1-3-15(26)8-14/h1-5,8-9,20H,6-7,10-13H2,(H2,27,30)(H,28,29). The van der Waals surface area contributed by atoms with Gasteiger partial charge in [-0.15, -0.1) is 0 Å². The molecule has 1 unspecified atom stereocenters. The van der Waals surface area contributed by atoms with Crippen LogP contribution in [-0.4, -0.2) is 36.7 Å². The molecule has 0 aromatic heterocycles. The molecular weight excluding hydrogens is 458 g/mol. The van der Waals surface area contributed by atoms with Gasteiger partial charge < -0.3 is 20.5 Å². The lowest BCUT2D eigenvalue weighted by molar-refractivity contribution is -0.208. The first-order valence-electron chi connectivity index (χ1n) is 10.2. The molecule has 3 N–H and O–H groups in total. The van der Waals surface area contributed by atoms with E-state index in [1.807, 2.05) is 6.07 Å². The predicted octanol–water partition coefficient (Wildman–Crippen LogP) is 3.66. The maximum atomic E-state index is 13.2. The summed E-state index contributed by atoms with van der Waals surface area (Å²) in [6.45, 7) is 0.234. The highest BCUT2D eigenvalue weighted by atomic mass is 35.5. The number of carbonyl (C=O) groups is 2. The van der Waals surface area contributed by atoms with E-state index >= 15 is 0 Å². The van der Waals surface area contributed by atoms with Crippen LogP contribution in [0.5, 0.6) is 5.75 Å². The molecule has 170 valence electrons. The summed E-state index contributed by atoms with van der Waals surface area (Å²) in [6.07, 6.45) is 1.50. The second-order valence-electron chi connectivity index (χ2n) is 8.63. The first-order chi connectivity index (χ1) is 15.2. The van der Waals surface area contributed by atoms with Gasteiger partial charge in [-0.05, 0) is 55.5 Å². The molecule has 5 rings (SSSR count). The number of rotatable bonds is 10. The maximum absolute atomic E-state index is 13.2. The molecule has 2 amide bonds. The number of amides is 2. The van der Waals surface area contributed by atoms with Crippen molar-refractivity contribution in [2.75, 3.05) is 13.2 Å². The van der Waals surface area contributed by atoms with Gasteiger partial charge in [0, 0.05) is 17.0 Å². The molecule has 2 bridgehead atoms. The molecule has 32 heavy (non-hydrogen) atoms. The average molecular weight is 481 g/mol. The van der Waals surface area contributed by atoms with E-state index in [0.717, 1.165) is 5.56 Å². The monoisotopic (exact) mass is 480 g/mol. The average Bonchev–Trinajstić information content (AvgIpc) is 2.68. The Labute approximate surface area is 195 Å². The van der Waals surface area contributed by atoms with Crippen molar-refractivity contribution in [2.45, 2.75) is 37.3 Å². The Morgan fingerprint density at radius 1 is 1.12 bits per heavy atom. The molecule has 0 spiro atoms. The molecule has 6 nitrogen and oxygen atoms in total. The normalized spacial score (nSPS) is 24.1. The Hall–Kier alpha value is -2.35. The first-order valence-corrected chi connectivity index (χ1v) is 11.0. The number of halogens is 3. The fourth-order valence-electron chi connectivity index (χ4n) is 4.83. The Bertz CT molecular complexity index is 1030. The third kappa shape index (κ3) is 4.70. The number of ether oxygens (including phenoxy) is 2. The minimum atomic E-state index is -0.818. The SMILES string of the molecule is NC(=O)C(Oc1ccc(Cl)c(Cl)c1)C12CC(NC(=O)COCCc3cccc(F)c3)(C1)C2. The van der Waals surface area contributed by atoms with Crippen LogP contribution in [0.2, 0.25) is 10.0 Å². The van der Waals surface area contributed by atoms with Crippen LogP contribution in [0.25, 0.3) is 0 Å². The Morgan fingerprint density at radius 2 is 1.88 bits per heavy atom. The van der Waals surface area contributed by atoms with Gasteiger partial charge in [0.25, 0.3) is 5.91 Å². The molecule has 3 aliphatic carbocycles. The summed E-state index contributed by atoms with van der Waals surface area (Å²) in [5, 5.41) is 3.71. The minimum Gasteiger partial charge on any atom is -0.480 e. The van der Waals surface area contributed by atoms with E-state index in [9.17, 15) is 14.0 Å². The van der Waals surface area contributed by atoms with Crippen molar-refractivity contribution >= 4 is 35.0 Å². The van der Waals surface area contributed by atoms with E-state index in [0.29, 0.717) is 48.1 Å². The van der Waals surface area contributed by atoms with Crippen LogP contribution in [-0.2, 0) is 20.7 Å². The number of carbonyl (C=O) groups excluding carboxylic acids is 2. The molecule has 3 saturated carbocycles. The van der Waals surface area contributed by atoms with Crippen LogP contribution < -0.4 is 15.8 Å². The van der Waals surface area contributed by atoms with E-state index in [1.165, 1.54) is 12.1 Å². The van der Waals surface area contributed by atoms with Gasteiger partial charge in [0.1, 0.15) is 18.2 Å². The van der Waals surface area contributed by atoms with Crippen molar-refractivity contribution in [2.24, 2.45) is 11.1 Å². The first kappa shape index (κ1) is 22.8. The summed E-state index contributed by atoms with van der Waals surface area (Å²) in [6, 6.07) is 11.0. The summed E-state index contributed by atoms with van der Waals surface area (Å²) in [4.78, 5) is 24.3. The van der Waals surface area contributed by atoms with Gasteiger partial charge in [0.05, 0.1) is 16.7 Å². The fraction of sp³-hybridized carbons (Fsp3) is 0.391. The molecule has 3 fully saturated rings. The van der Waals surface area contributed by atoms with E-state index in [4.69, 9.17) is 38.4 Å². The van der Waals surface area contributed by atoms with E-state index < -0.39 is 17.4 Å². The van der Waals surface area contributed by atoms with Crippen molar-refractivity contribution in [1.29, 1.82) is 0 Å². The number of primary amides is 1. The van der Waals surface area contributed by atoms with E-state index in [2.05, 4.69) is 5.32 Å². The number of nitrogens with two attached hydrogens (primary N) is 1. The third-order valence-electron chi connectivity index (χ3n) is 6.09. The van der Waals surface area contributed by atoms with Crippen LogP contribution >= 0.6 is 23.2 Å². The largest absolute Gasteiger partial charge is 0.480 e. The highest BCUT2D eigenvalue weighted by Gasteiger charge is 2.73. The van der Waals surface area contributed by atoms with Gasteiger partial charge in [-0.3, -0.25) is 9.59 Å². The zero-order valence-corrected chi connectivity index (χ0v) is 18.7. The van der Waals surface area contributed by atoms with Crippen LogP contribution in [0.3, 0.4) is 0 Å². The van der Waals surface area contributed by atoms with Crippen LogP contribution in [0.1, 0.15) is 24.8 Å². The summed E-state index contributed by atoms with van der Waals surface area (Å²) in [5.74, 6) is -0.664. The maximum Gasteiger partial charge on any atom is 0.259 e. The van der Waals surface area contributed by atoms with Crippen LogP contribution in [0.4, 0.5) is 4.39 Å². The number of nitrogens with one attached hydrogen (secondary N) is 1. The molecule has 0 aliphatic heterocycles. The van der Waals surface area contributed by atoms with Crippen molar-refractivity contribution < 1.29 is 23.5 Å². The zero-order chi connectivity index (χ0) is 22.9. The van der Waals surface area contributed by atoms with Gasteiger partial charge >= 0.3 is 0 Å². The Morgan fingerprint density at radius 3 is 2.53 bits per heavy atom. The Balaban J connectivity index is 1.23.